The quantitative estimate of drug-likeness (QED) is 0.323. The number of aliphatic hydroxyl groups is 1. The first kappa shape index (κ1) is 28.6. The Morgan fingerprint density at radius 2 is 1.95 bits per heavy atom. The molecule has 2 aliphatic heterocycles. The molecule has 0 aliphatic carbocycles. The van der Waals surface area contributed by atoms with E-state index in [0.717, 1.165) is 37.2 Å². The van der Waals surface area contributed by atoms with Crippen molar-refractivity contribution in [1.82, 2.24) is 4.90 Å². The Balaban J connectivity index is 1.47. The highest BCUT2D eigenvalue weighted by Gasteiger charge is 2.39. The molecule has 2 heterocycles. The number of fused-ring (bicyclic) bond motifs is 1. The fraction of sp³-hybridized carbons (Fsp3) is 0.483. The lowest BCUT2D eigenvalue weighted by Crippen LogP contribution is -2.40. The molecule has 1 fully saturated rings. The predicted molar refractivity (Wildman–Crippen MR) is 147 cm³/mol. The molecule has 1 saturated heterocycles. The van der Waals surface area contributed by atoms with Gasteiger partial charge < -0.3 is 30.3 Å². The van der Waals surface area contributed by atoms with Gasteiger partial charge in [0.1, 0.15) is 12.3 Å². The van der Waals surface area contributed by atoms with E-state index in [1.165, 1.54) is 18.9 Å². The van der Waals surface area contributed by atoms with E-state index in [0.29, 0.717) is 35.7 Å². The number of halogens is 3. The van der Waals surface area contributed by atoms with Crippen molar-refractivity contribution >= 4 is 22.8 Å². The molecule has 1 atom stereocenters. The Morgan fingerprint density at radius 1 is 1.18 bits per heavy atom. The summed E-state index contributed by atoms with van der Waals surface area (Å²) in [4.78, 5) is 15.2. The van der Waals surface area contributed by atoms with Gasteiger partial charge in [-0.3, -0.25) is 4.79 Å². The number of β-amino-alcohol motifs (C(OH)–C–C–N with tert-alkyl or cyclic N) is 1. The molecule has 39 heavy (non-hydrogen) atoms. The number of carbonyl (C=O) groups excluding carboxylic acids is 1. The number of rotatable bonds is 9. The number of anilines is 3. The minimum atomic E-state index is -4.37. The minimum absolute atomic E-state index is 0.0776. The van der Waals surface area contributed by atoms with Gasteiger partial charge in [0, 0.05) is 54.6 Å². The van der Waals surface area contributed by atoms with Gasteiger partial charge in [-0.15, -0.1) is 0 Å². The molecule has 2 aliphatic rings. The number of nitrogens with zero attached hydrogens (tertiary/aromatic N) is 2. The molecule has 10 heteroatoms. The molecule has 210 valence electrons. The number of benzene rings is 2. The van der Waals surface area contributed by atoms with E-state index < -0.39 is 18.8 Å². The van der Waals surface area contributed by atoms with Crippen molar-refractivity contribution in [3.63, 3.8) is 0 Å². The maximum absolute atomic E-state index is 13.6. The van der Waals surface area contributed by atoms with E-state index in [9.17, 15) is 18.0 Å². The highest BCUT2D eigenvalue weighted by atomic mass is 19.4. The fourth-order valence-electron chi connectivity index (χ4n) is 5.21. The van der Waals surface area contributed by atoms with Gasteiger partial charge in [0.25, 0.3) is 0 Å². The van der Waals surface area contributed by atoms with Gasteiger partial charge in [-0.05, 0) is 50.1 Å². The summed E-state index contributed by atoms with van der Waals surface area (Å²) in [5.74, 6) is 6.46. The zero-order valence-electron chi connectivity index (χ0n) is 22.3. The third-order valence-corrected chi connectivity index (χ3v) is 7.19. The smallest absolute Gasteiger partial charge is 0.405 e. The lowest BCUT2D eigenvalue weighted by Gasteiger charge is -2.32. The summed E-state index contributed by atoms with van der Waals surface area (Å²) < 4.78 is 46.0. The SMILES string of the molecule is COc1cc(C(C)=O)ccc1NCC#CC1Cc2c(NC3CCN(CCO)CC3)cccc2N1CC(F)(F)F. The number of aliphatic hydroxyl groups excluding tert-OH is 1. The number of hydrogen-bond acceptors (Lipinski definition) is 7. The van der Waals surface area contributed by atoms with Crippen LogP contribution in [-0.2, 0) is 6.42 Å². The number of methoxy groups -OCH3 is 1. The van der Waals surface area contributed by atoms with Gasteiger partial charge >= 0.3 is 6.18 Å². The Hall–Kier alpha value is -3.42. The summed E-state index contributed by atoms with van der Waals surface area (Å²) in [7, 11) is 1.50. The van der Waals surface area contributed by atoms with Crippen molar-refractivity contribution in [2.24, 2.45) is 0 Å². The summed E-state index contributed by atoms with van der Waals surface area (Å²) in [5, 5.41) is 15.9. The number of nitrogens with one attached hydrogen (secondary N) is 2. The van der Waals surface area contributed by atoms with E-state index in [1.54, 1.807) is 30.3 Å². The molecular formula is C29H35F3N4O3. The van der Waals surface area contributed by atoms with E-state index in [2.05, 4.69) is 27.4 Å². The van der Waals surface area contributed by atoms with Gasteiger partial charge in [0.15, 0.2) is 5.78 Å². The molecule has 1 unspecified atom stereocenters. The third-order valence-electron chi connectivity index (χ3n) is 7.19. The minimum Gasteiger partial charge on any atom is -0.495 e. The number of ketones is 1. The van der Waals surface area contributed by atoms with Gasteiger partial charge in [-0.25, -0.2) is 0 Å². The molecular weight excluding hydrogens is 509 g/mol. The molecule has 0 amide bonds. The Labute approximate surface area is 227 Å². The molecule has 0 saturated carbocycles. The zero-order valence-corrected chi connectivity index (χ0v) is 22.3. The van der Waals surface area contributed by atoms with E-state index in [1.807, 2.05) is 6.07 Å². The van der Waals surface area contributed by atoms with E-state index >= 15 is 0 Å². The number of alkyl halides is 3. The summed E-state index contributed by atoms with van der Waals surface area (Å²) in [6, 6.07) is 10.1. The molecule has 0 radical (unpaired) electrons. The van der Waals surface area contributed by atoms with Gasteiger partial charge in [-0.2, -0.15) is 13.2 Å². The maximum atomic E-state index is 13.6. The number of piperidine rings is 1. The standard InChI is InChI=1S/C29H35F3N4O3/c1-20(38)21-8-9-26(28(17-21)39-2)33-12-4-5-23-18-24-25(34-22-10-13-35(14-11-22)15-16-37)6-3-7-27(24)36(23)19-29(30,31)32/h3,6-9,17,22-23,33-34,37H,10-16,18-19H2,1-2H3. The maximum Gasteiger partial charge on any atom is 0.405 e. The molecule has 2 aromatic carbocycles. The van der Waals surface area contributed by atoms with E-state index in [4.69, 9.17) is 9.84 Å². The second-order valence-electron chi connectivity index (χ2n) is 9.90. The molecule has 4 rings (SSSR count). The van der Waals surface area contributed by atoms with Crippen LogP contribution in [0.3, 0.4) is 0 Å². The van der Waals surface area contributed by atoms with Crippen LogP contribution < -0.4 is 20.3 Å². The first-order chi connectivity index (χ1) is 18.7. The van der Waals surface area contributed by atoms with Crippen molar-refractivity contribution in [2.75, 3.05) is 62.0 Å². The lowest BCUT2D eigenvalue weighted by atomic mass is 10.0. The normalized spacial score (nSPS) is 17.8. The van der Waals surface area contributed by atoms with Gasteiger partial charge in [-0.1, -0.05) is 17.9 Å². The van der Waals surface area contributed by atoms with Crippen LogP contribution in [0.5, 0.6) is 5.75 Å². The first-order valence-corrected chi connectivity index (χ1v) is 13.1. The topological polar surface area (TPSA) is 77.1 Å². The number of likely N-dealkylation sites (tertiary alicyclic amines) is 1. The van der Waals surface area contributed by atoms with Crippen LogP contribution in [-0.4, -0.2) is 80.5 Å². The highest BCUT2D eigenvalue weighted by molar-refractivity contribution is 5.95. The highest BCUT2D eigenvalue weighted by Crippen LogP contribution is 2.39. The van der Waals surface area contributed by atoms with Crippen molar-refractivity contribution in [2.45, 2.75) is 44.4 Å². The number of carbonyl (C=O) groups is 1. The van der Waals surface area contributed by atoms with Crippen LogP contribution in [0.25, 0.3) is 0 Å². The summed E-state index contributed by atoms with van der Waals surface area (Å²) in [6.45, 7) is 3.15. The number of hydrogen-bond donors (Lipinski definition) is 3. The van der Waals surface area contributed by atoms with Crippen LogP contribution in [0.2, 0.25) is 0 Å². The summed E-state index contributed by atoms with van der Waals surface area (Å²) in [5.41, 5.74) is 3.44. The second kappa shape index (κ2) is 12.6. The van der Waals surface area contributed by atoms with Crippen LogP contribution in [0.1, 0.15) is 35.7 Å². The van der Waals surface area contributed by atoms with Crippen LogP contribution >= 0.6 is 0 Å². The average molecular weight is 545 g/mol. The monoisotopic (exact) mass is 544 g/mol. The molecule has 0 aromatic heterocycles. The lowest BCUT2D eigenvalue weighted by molar-refractivity contribution is -0.120. The molecule has 7 nitrogen and oxygen atoms in total. The van der Waals surface area contributed by atoms with Gasteiger partial charge in [0.2, 0.25) is 0 Å². The largest absolute Gasteiger partial charge is 0.495 e. The predicted octanol–water partition coefficient (Wildman–Crippen LogP) is 4.18. The van der Waals surface area contributed by atoms with Crippen LogP contribution in [0.15, 0.2) is 36.4 Å². The number of ether oxygens (including phenoxy) is 1. The van der Waals surface area contributed by atoms with E-state index in [-0.39, 0.29) is 25.0 Å². The second-order valence-corrected chi connectivity index (χ2v) is 9.90. The van der Waals surface area contributed by atoms with Crippen molar-refractivity contribution in [3.8, 4) is 17.6 Å². The third kappa shape index (κ3) is 7.37. The van der Waals surface area contributed by atoms with Crippen molar-refractivity contribution in [1.29, 1.82) is 0 Å². The van der Waals surface area contributed by atoms with Crippen molar-refractivity contribution < 1.29 is 27.8 Å². The first-order valence-electron chi connectivity index (χ1n) is 13.1. The average Bonchev–Trinajstić information content (AvgIpc) is 3.24. The molecule has 2 aromatic rings. The summed E-state index contributed by atoms with van der Waals surface area (Å²) >= 11 is 0. The Kier molecular flexibility index (Phi) is 9.25. The molecule has 0 spiro atoms. The Morgan fingerprint density at radius 3 is 2.62 bits per heavy atom. The Bertz CT molecular complexity index is 1220. The zero-order chi connectivity index (χ0) is 28.0. The van der Waals surface area contributed by atoms with Crippen molar-refractivity contribution in [3.05, 3.63) is 47.5 Å². The molecule has 0 bridgehead atoms. The van der Waals surface area contributed by atoms with Crippen LogP contribution in [0, 0.1) is 11.8 Å². The van der Waals surface area contributed by atoms with Gasteiger partial charge in [0.05, 0.1) is 32.0 Å². The molecule has 3 N–H and O–H groups in total. The fourth-order valence-corrected chi connectivity index (χ4v) is 5.21. The van der Waals surface area contributed by atoms with Crippen LogP contribution in [0.4, 0.5) is 30.2 Å². The summed E-state index contributed by atoms with van der Waals surface area (Å²) in [6.07, 6.45) is -2.17. The number of Topliss-reactive ketones (excluding diaryl/α,β-unsaturated/α-hetero) is 1.